The van der Waals surface area contributed by atoms with Crippen molar-refractivity contribution in [2.45, 2.75) is 18.5 Å². The highest BCUT2D eigenvalue weighted by atomic mass is 19.1. The first-order chi connectivity index (χ1) is 19.4. The summed E-state index contributed by atoms with van der Waals surface area (Å²) in [5, 5.41) is 9.23. The summed E-state index contributed by atoms with van der Waals surface area (Å²) in [6.07, 6.45) is 0.0895. The number of cyclic esters (lactones) is 1. The quantitative estimate of drug-likeness (QED) is 0.364. The number of esters is 1. The number of pyridine rings is 2. The van der Waals surface area contributed by atoms with Crippen LogP contribution >= 0.6 is 0 Å². The van der Waals surface area contributed by atoms with Crippen molar-refractivity contribution in [3.05, 3.63) is 105 Å². The number of fused-ring (bicyclic) bond motifs is 5. The van der Waals surface area contributed by atoms with Gasteiger partial charge in [0, 0.05) is 26.7 Å². The fourth-order valence-corrected chi connectivity index (χ4v) is 5.78. The number of piperazine rings is 1. The fraction of sp³-hybridized carbons (Fsp3) is 0.267. The topological polar surface area (TPSA) is 91.5 Å². The molecule has 2 aliphatic rings. The standard InChI is InChI=1S/C30H25F2N5O3/c1-35-24-11-10-22(12-13-33)34-26(24)28-25(29(35)38)30(39)40-17-23-16-36(14-15-37(23)28)27(18-2-6-20(31)7-3-18)19-4-8-21(32)9-5-19/h2-11,23,27H,12,14-17H2,1H3/t23-/m1/s1. The average Bonchev–Trinajstić information content (AvgIpc) is 3.10. The Morgan fingerprint density at radius 1 is 1.00 bits per heavy atom. The minimum atomic E-state index is -0.709. The third-order valence-electron chi connectivity index (χ3n) is 7.68. The minimum absolute atomic E-state index is 0.0477. The van der Waals surface area contributed by atoms with Gasteiger partial charge in [0.15, 0.2) is 5.56 Å². The summed E-state index contributed by atoms with van der Waals surface area (Å²) in [7, 11) is 1.58. The number of nitrogens with zero attached hydrogens (tertiary/aromatic N) is 5. The molecular formula is C30H25F2N5O3. The second kappa shape index (κ2) is 10.2. The van der Waals surface area contributed by atoms with Gasteiger partial charge < -0.3 is 14.2 Å². The maximum atomic E-state index is 13.8. The Hall–Kier alpha value is -4.62. The van der Waals surface area contributed by atoms with Crippen molar-refractivity contribution < 1.29 is 18.3 Å². The SMILES string of the molecule is Cn1c(=O)c2c(c3nc(CC#N)ccc31)N1CCN(C(c3ccc(F)cc3)c3ccc(F)cc3)C[C@@H]1COC2=O. The van der Waals surface area contributed by atoms with Crippen LogP contribution in [0.1, 0.15) is 33.2 Å². The van der Waals surface area contributed by atoms with Crippen molar-refractivity contribution in [1.29, 1.82) is 5.26 Å². The molecule has 0 spiro atoms. The fourth-order valence-electron chi connectivity index (χ4n) is 5.78. The maximum absolute atomic E-state index is 13.8. The van der Waals surface area contributed by atoms with Crippen LogP contribution in [0, 0.1) is 23.0 Å². The van der Waals surface area contributed by atoms with Crippen LogP contribution < -0.4 is 10.5 Å². The summed E-state index contributed by atoms with van der Waals surface area (Å²) in [5.74, 6) is -1.41. The Labute approximate surface area is 228 Å². The number of hydrogen-bond acceptors (Lipinski definition) is 7. The van der Waals surface area contributed by atoms with Crippen molar-refractivity contribution >= 4 is 22.7 Å². The van der Waals surface area contributed by atoms with Gasteiger partial charge >= 0.3 is 5.97 Å². The number of benzene rings is 2. The van der Waals surface area contributed by atoms with E-state index in [2.05, 4.69) is 11.0 Å². The highest BCUT2D eigenvalue weighted by Crippen LogP contribution is 2.36. The van der Waals surface area contributed by atoms with Crippen LogP contribution in [0.2, 0.25) is 0 Å². The summed E-state index contributed by atoms with van der Waals surface area (Å²) in [4.78, 5) is 35.4. The van der Waals surface area contributed by atoms with E-state index in [-0.39, 0.29) is 42.3 Å². The van der Waals surface area contributed by atoms with Crippen molar-refractivity contribution in [3.8, 4) is 6.07 Å². The molecule has 8 nitrogen and oxygen atoms in total. The third kappa shape index (κ3) is 4.38. The molecule has 1 atom stereocenters. The predicted molar refractivity (Wildman–Crippen MR) is 144 cm³/mol. The van der Waals surface area contributed by atoms with Crippen LogP contribution in [-0.4, -0.2) is 52.7 Å². The first kappa shape index (κ1) is 25.6. The molecule has 2 aromatic heterocycles. The lowest BCUT2D eigenvalue weighted by Gasteiger charge is -2.45. The zero-order chi connectivity index (χ0) is 28.0. The number of ether oxygens (including phenoxy) is 1. The number of halogens is 2. The lowest BCUT2D eigenvalue weighted by Crippen LogP contribution is -2.55. The van der Waals surface area contributed by atoms with E-state index in [0.29, 0.717) is 42.0 Å². The Balaban J connectivity index is 1.44. The summed E-state index contributed by atoms with van der Waals surface area (Å²) < 4.78 is 34.6. The van der Waals surface area contributed by atoms with Gasteiger partial charge in [0.25, 0.3) is 5.56 Å². The monoisotopic (exact) mass is 541 g/mol. The molecule has 1 saturated heterocycles. The zero-order valence-electron chi connectivity index (χ0n) is 21.7. The van der Waals surface area contributed by atoms with Gasteiger partial charge in [0.05, 0.1) is 41.5 Å². The second-order valence-electron chi connectivity index (χ2n) is 10.0. The Morgan fingerprint density at radius 2 is 1.65 bits per heavy atom. The minimum Gasteiger partial charge on any atom is -0.460 e. The van der Waals surface area contributed by atoms with Gasteiger partial charge in [0.2, 0.25) is 0 Å². The number of rotatable bonds is 4. The van der Waals surface area contributed by atoms with E-state index in [4.69, 9.17) is 9.72 Å². The van der Waals surface area contributed by atoms with Gasteiger partial charge in [-0.25, -0.2) is 18.6 Å². The largest absolute Gasteiger partial charge is 0.460 e. The van der Waals surface area contributed by atoms with Gasteiger partial charge in [0.1, 0.15) is 23.8 Å². The number of aryl methyl sites for hydroxylation is 1. The van der Waals surface area contributed by atoms with Gasteiger partial charge in [-0.15, -0.1) is 0 Å². The summed E-state index contributed by atoms with van der Waals surface area (Å²) in [5.41, 5.74) is 3.13. The zero-order valence-corrected chi connectivity index (χ0v) is 21.7. The molecule has 4 aromatic rings. The Morgan fingerprint density at radius 3 is 2.27 bits per heavy atom. The van der Waals surface area contributed by atoms with Crippen LogP contribution in [0.4, 0.5) is 14.5 Å². The van der Waals surface area contributed by atoms with E-state index < -0.39 is 11.5 Å². The van der Waals surface area contributed by atoms with Crippen LogP contribution in [-0.2, 0) is 18.2 Å². The third-order valence-corrected chi connectivity index (χ3v) is 7.68. The number of nitriles is 1. The second-order valence-corrected chi connectivity index (χ2v) is 10.0. The van der Waals surface area contributed by atoms with E-state index in [9.17, 15) is 23.6 Å². The number of hydrogen-bond donors (Lipinski definition) is 0. The Bertz CT molecular complexity index is 1670. The first-order valence-corrected chi connectivity index (χ1v) is 12.9. The summed E-state index contributed by atoms with van der Waals surface area (Å²) in [6, 6.07) is 17.4. The average molecular weight is 542 g/mol. The molecule has 0 radical (unpaired) electrons. The first-order valence-electron chi connectivity index (χ1n) is 12.9. The molecule has 10 heteroatoms. The Kier molecular flexibility index (Phi) is 6.52. The smallest absolute Gasteiger partial charge is 0.346 e. The van der Waals surface area contributed by atoms with Crippen LogP contribution in [0.25, 0.3) is 11.0 Å². The van der Waals surface area contributed by atoms with Crippen molar-refractivity contribution in [2.24, 2.45) is 7.05 Å². The van der Waals surface area contributed by atoms with E-state index in [0.717, 1.165) is 11.1 Å². The molecule has 0 bridgehead atoms. The highest BCUT2D eigenvalue weighted by Gasteiger charge is 2.39. The van der Waals surface area contributed by atoms with Crippen molar-refractivity contribution in [3.63, 3.8) is 0 Å². The molecule has 2 aromatic carbocycles. The molecule has 0 aliphatic carbocycles. The van der Waals surface area contributed by atoms with Crippen LogP contribution in [0.5, 0.6) is 0 Å². The number of aromatic nitrogens is 2. The van der Waals surface area contributed by atoms with E-state index in [1.165, 1.54) is 28.8 Å². The molecule has 0 N–H and O–H groups in total. The van der Waals surface area contributed by atoms with Gasteiger partial charge in [-0.3, -0.25) is 9.69 Å². The molecule has 1 fully saturated rings. The summed E-state index contributed by atoms with van der Waals surface area (Å²) in [6.45, 7) is 1.46. The van der Waals surface area contributed by atoms with E-state index in [1.54, 1.807) is 43.4 Å². The molecule has 0 amide bonds. The molecular weight excluding hydrogens is 516 g/mol. The van der Waals surface area contributed by atoms with Crippen LogP contribution in [0.3, 0.4) is 0 Å². The molecule has 202 valence electrons. The molecule has 4 heterocycles. The van der Waals surface area contributed by atoms with Crippen LogP contribution in [0.15, 0.2) is 65.5 Å². The van der Waals surface area contributed by atoms with Gasteiger partial charge in [-0.05, 0) is 47.5 Å². The number of anilines is 1. The predicted octanol–water partition coefficient (Wildman–Crippen LogP) is 3.73. The molecule has 0 saturated carbocycles. The lowest BCUT2D eigenvalue weighted by molar-refractivity contribution is 0.0451. The van der Waals surface area contributed by atoms with Gasteiger partial charge in [-0.2, -0.15) is 5.26 Å². The van der Waals surface area contributed by atoms with Crippen molar-refractivity contribution in [2.75, 3.05) is 31.1 Å². The molecule has 0 unspecified atom stereocenters. The number of carbonyl (C=O) groups excluding carboxylic acids is 1. The highest BCUT2D eigenvalue weighted by molar-refractivity contribution is 6.04. The van der Waals surface area contributed by atoms with Gasteiger partial charge in [-0.1, -0.05) is 24.3 Å². The summed E-state index contributed by atoms with van der Waals surface area (Å²) >= 11 is 0. The molecule has 40 heavy (non-hydrogen) atoms. The van der Waals surface area contributed by atoms with E-state index >= 15 is 0 Å². The normalized spacial score (nSPS) is 17.2. The maximum Gasteiger partial charge on any atom is 0.346 e. The lowest BCUT2D eigenvalue weighted by atomic mass is 9.95. The number of carbonyl (C=O) groups is 1. The van der Waals surface area contributed by atoms with Crippen molar-refractivity contribution in [1.82, 2.24) is 14.5 Å². The van der Waals surface area contributed by atoms with E-state index in [1.807, 2.05) is 4.90 Å². The molecule has 6 rings (SSSR count). The molecule has 2 aliphatic heterocycles.